The molecule has 35 heavy (non-hydrogen) atoms. The van der Waals surface area contributed by atoms with Crippen LogP contribution in [0.1, 0.15) is 11.1 Å². The first kappa shape index (κ1) is 21.5. The zero-order chi connectivity index (χ0) is 24.4. The summed E-state index contributed by atoms with van der Waals surface area (Å²) in [5.41, 5.74) is 2.13. The Morgan fingerprint density at radius 3 is 1.49 bits per heavy atom. The molecule has 0 spiro atoms. The normalized spacial score (nSPS) is 24.5. The Morgan fingerprint density at radius 1 is 0.629 bits per heavy atom. The standard InChI is InChI=1S/C28H17F4NO2/c29-16-8-4-14(5-9-16)22(15-6-10-17(30)11-7-15)23-18-12-13-19(23)25-24(18)27(34)33(28(25)35)26-20(31)2-1-3-21(26)32/h1-13,18-19,24-25H/t18-,19-,24-,25+/m1/s1. The van der Waals surface area contributed by atoms with Crippen LogP contribution in [0.5, 0.6) is 0 Å². The summed E-state index contributed by atoms with van der Waals surface area (Å²) in [6, 6.07) is 14.8. The van der Waals surface area contributed by atoms with Gasteiger partial charge in [0.15, 0.2) is 0 Å². The van der Waals surface area contributed by atoms with Gasteiger partial charge >= 0.3 is 0 Å². The van der Waals surface area contributed by atoms with Gasteiger partial charge in [-0.3, -0.25) is 9.59 Å². The lowest BCUT2D eigenvalue weighted by Gasteiger charge is -2.22. The van der Waals surface area contributed by atoms with Crippen molar-refractivity contribution in [1.29, 1.82) is 0 Å². The third-order valence-electron chi connectivity index (χ3n) is 7.13. The number of benzene rings is 3. The van der Waals surface area contributed by atoms with Crippen LogP contribution in [0.25, 0.3) is 5.57 Å². The van der Waals surface area contributed by atoms with Crippen molar-refractivity contribution < 1.29 is 27.2 Å². The van der Waals surface area contributed by atoms with Gasteiger partial charge in [-0.25, -0.2) is 22.5 Å². The topological polar surface area (TPSA) is 37.4 Å². The quantitative estimate of drug-likeness (QED) is 0.278. The maximum absolute atomic E-state index is 14.5. The van der Waals surface area contributed by atoms with Crippen molar-refractivity contribution in [2.24, 2.45) is 23.7 Å². The molecule has 0 unspecified atom stereocenters. The molecular formula is C28H17F4NO2. The average molecular weight is 475 g/mol. The second-order valence-corrected chi connectivity index (χ2v) is 8.91. The largest absolute Gasteiger partial charge is 0.274 e. The van der Waals surface area contributed by atoms with E-state index in [0.29, 0.717) is 21.6 Å². The molecule has 4 atom stereocenters. The number of anilines is 1. The Labute approximate surface area is 198 Å². The van der Waals surface area contributed by atoms with E-state index in [1.165, 1.54) is 30.3 Å². The number of amides is 2. The number of carbonyl (C=O) groups is 2. The highest BCUT2D eigenvalue weighted by atomic mass is 19.1. The van der Waals surface area contributed by atoms with Gasteiger partial charge in [-0.1, -0.05) is 42.5 Å². The molecule has 0 radical (unpaired) electrons. The van der Waals surface area contributed by atoms with Gasteiger partial charge in [0.05, 0.1) is 11.8 Å². The first-order valence-corrected chi connectivity index (χ1v) is 11.1. The first-order chi connectivity index (χ1) is 16.9. The molecule has 2 amide bonds. The fourth-order valence-electron chi connectivity index (χ4n) is 5.75. The van der Waals surface area contributed by atoms with Crippen molar-refractivity contribution >= 4 is 23.1 Å². The lowest BCUT2D eigenvalue weighted by atomic mass is 9.85. The van der Waals surface area contributed by atoms with Crippen LogP contribution in [0.3, 0.4) is 0 Å². The van der Waals surface area contributed by atoms with E-state index in [-0.39, 0.29) is 0 Å². The molecule has 0 aromatic heterocycles. The molecule has 3 aromatic rings. The van der Waals surface area contributed by atoms with Crippen molar-refractivity contribution in [3.63, 3.8) is 0 Å². The summed E-state index contributed by atoms with van der Waals surface area (Å²) in [6.45, 7) is 0. The lowest BCUT2D eigenvalue weighted by Crippen LogP contribution is -2.34. The van der Waals surface area contributed by atoms with Crippen molar-refractivity contribution in [2.45, 2.75) is 0 Å². The van der Waals surface area contributed by atoms with Gasteiger partial charge in [0, 0.05) is 11.8 Å². The van der Waals surface area contributed by atoms with E-state index in [2.05, 4.69) is 0 Å². The van der Waals surface area contributed by atoms with Gasteiger partial charge in [-0.15, -0.1) is 0 Å². The summed E-state index contributed by atoms with van der Waals surface area (Å²) in [5.74, 6) is -6.75. The van der Waals surface area contributed by atoms with E-state index in [1.807, 2.05) is 12.2 Å². The molecular weight excluding hydrogens is 458 g/mol. The summed E-state index contributed by atoms with van der Waals surface area (Å²) >= 11 is 0. The molecule has 1 aliphatic heterocycles. The van der Waals surface area contributed by atoms with Crippen LogP contribution in [0.4, 0.5) is 23.2 Å². The van der Waals surface area contributed by atoms with E-state index in [1.54, 1.807) is 24.3 Å². The monoisotopic (exact) mass is 475 g/mol. The van der Waals surface area contributed by atoms with Crippen LogP contribution >= 0.6 is 0 Å². The number of imide groups is 1. The van der Waals surface area contributed by atoms with Crippen LogP contribution in [0, 0.1) is 46.9 Å². The number of para-hydroxylation sites is 1. The van der Waals surface area contributed by atoms with Crippen LogP contribution in [-0.2, 0) is 9.59 Å². The van der Waals surface area contributed by atoms with Gasteiger partial charge in [-0.2, -0.15) is 0 Å². The molecule has 2 fully saturated rings. The Bertz CT molecular complexity index is 1340. The number of halogens is 4. The van der Waals surface area contributed by atoms with Gasteiger partial charge < -0.3 is 0 Å². The van der Waals surface area contributed by atoms with Gasteiger partial charge in [0.25, 0.3) is 0 Å². The van der Waals surface area contributed by atoms with E-state index in [9.17, 15) is 27.2 Å². The summed E-state index contributed by atoms with van der Waals surface area (Å²) in [4.78, 5) is 27.5. The first-order valence-electron chi connectivity index (χ1n) is 11.1. The number of hydrogen-bond acceptors (Lipinski definition) is 2. The maximum atomic E-state index is 14.5. The molecule has 1 saturated heterocycles. The van der Waals surface area contributed by atoms with Crippen LogP contribution in [0.2, 0.25) is 0 Å². The van der Waals surface area contributed by atoms with Crippen molar-refractivity contribution in [3.8, 4) is 0 Å². The minimum atomic E-state index is -0.985. The lowest BCUT2D eigenvalue weighted by molar-refractivity contribution is -0.123. The van der Waals surface area contributed by atoms with Crippen molar-refractivity contribution in [2.75, 3.05) is 4.90 Å². The molecule has 3 aliphatic rings. The van der Waals surface area contributed by atoms with E-state index in [4.69, 9.17) is 0 Å². The molecule has 2 aliphatic carbocycles. The number of allylic oxidation sites excluding steroid dienone is 3. The maximum Gasteiger partial charge on any atom is 0.238 e. The molecule has 7 heteroatoms. The fourth-order valence-corrected chi connectivity index (χ4v) is 5.75. The van der Waals surface area contributed by atoms with Gasteiger partial charge in [0.2, 0.25) is 11.8 Å². The summed E-state index contributed by atoms with van der Waals surface area (Å²) in [5, 5.41) is 0. The number of nitrogens with zero attached hydrogens (tertiary/aromatic N) is 1. The molecule has 6 rings (SSSR count). The van der Waals surface area contributed by atoms with E-state index >= 15 is 0 Å². The fraction of sp³-hybridized carbons (Fsp3) is 0.143. The summed E-state index contributed by atoms with van der Waals surface area (Å²) < 4.78 is 56.3. The second kappa shape index (κ2) is 7.77. The van der Waals surface area contributed by atoms with Crippen LogP contribution in [-0.4, -0.2) is 11.8 Å². The summed E-state index contributed by atoms with van der Waals surface area (Å²) in [6.07, 6.45) is 3.67. The van der Waals surface area contributed by atoms with Gasteiger partial charge in [0.1, 0.15) is 29.0 Å². The second-order valence-electron chi connectivity index (χ2n) is 8.91. The molecule has 1 heterocycles. The number of carbonyl (C=O) groups excluding carboxylic acids is 2. The Balaban J connectivity index is 1.50. The minimum Gasteiger partial charge on any atom is -0.274 e. The number of fused-ring (bicyclic) bond motifs is 5. The average Bonchev–Trinajstić information content (AvgIpc) is 3.47. The molecule has 0 N–H and O–H groups in total. The smallest absolute Gasteiger partial charge is 0.238 e. The predicted molar refractivity (Wildman–Crippen MR) is 121 cm³/mol. The number of rotatable bonds is 3. The SMILES string of the molecule is O=C1[C@@H]2[C@H](C(=O)N1c1c(F)cccc1F)[C@@H]1C=C[C@@H]2C1=C(c1ccc(F)cc1)c1ccc(F)cc1. The van der Waals surface area contributed by atoms with E-state index < -0.39 is 64.4 Å². The third kappa shape index (κ3) is 3.11. The zero-order valence-corrected chi connectivity index (χ0v) is 18.1. The van der Waals surface area contributed by atoms with Gasteiger partial charge in [-0.05, 0) is 58.7 Å². The Morgan fingerprint density at radius 2 is 1.06 bits per heavy atom. The summed E-state index contributed by atoms with van der Waals surface area (Å²) in [7, 11) is 0. The Kier molecular flexibility index (Phi) is 4.78. The highest BCUT2D eigenvalue weighted by Crippen LogP contribution is 2.59. The molecule has 3 nitrogen and oxygen atoms in total. The predicted octanol–water partition coefficient (Wildman–Crippen LogP) is 5.67. The van der Waals surface area contributed by atoms with Crippen LogP contribution in [0.15, 0.2) is 84.5 Å². The minimum absolute atomic E-state index is 0.422. The van der Waals surface area contributed by atoms with E-state index in [0.717, 1.165) is 17.7 Å². The number of hydrogen-bond donors (Lipinski definition) is 0. The van der Waals surface area contributed by atoms with Crippen LogP contribution < -0.4 is 4.90 Å². The van der Waals surface area contributed by atoms with Crippen molar-refractivity contribution in [3.05, 3.63) is 119 Å². The highest BCUT2D eigenvalue weighted by Gasteiger charge is 2.63. The molecule has 2 bridgehead atoms. The third-order valence-corrected chi connectivity index (χ3v) is 7.13. The molecule has 1 saturated carbocycles. The molecule has 174 valence electrons. The zero-order valence-electron chi connectivity index (χ0n) is 18.1. The highest BCUT2D eigenvalue weighted by molar-refractivity contribution is 6.23. The Hall–Kier alpha value is -4.00. The van der Waals surface area contributed by atoms with Crippen molar-refractivity contribution in [1.82, 2.24) is 0 Å². The molecule has 3 aromatic carbocycles.